The van der Waals surface area contributed by atoms with Gasteiger partial charge < -0.3 is 19.7 Å². The van der Waals surface area contributed by atoms with Crippen molar-refractivity contribution in [1.82, 2.24) is 14.9 Å². The summed E-state index contributed by atoms with van der Waals surface area (Å²) in [5.41, 5.74) is 0.466. The first kappa shape index (κ1) is 10.1. The molecular weight excluding hydrogens is 198 g/mol. The van der Waals surface area contributed by atoms with E-state index in [4.69, 9.17) is 9.84 Å². The maximum Gasteiger partial charge on any atom is 0.272 e. The van der Waals surface area contributed by atoms with Crippen molar-refractivity contribution >= 4 is 5.91 Å². The Bertz CT molecular complexity index is 325. The van der Waals surface area contributed by atoms with E-state index in [1.165, 1.54) is 12.5 Å². The third-order valence-corrected chi connectivity index (χ3v) is 2.36. The fraction of sp³-hybridized carbons (Fsp3) is 0.556. The number of carbonyl (C=O) groups is 1. The average Bonchev–Trinajstić information content (AvgIpc) is 2.81. The van der Waals surface area contributed by atoms with Crippen LogP contribution in [0.25, 0.3) is 0 Å². The SMILES string of the molecule is O=C(c1cnc[nH]1)N1CCOC(CO)C1. The fourth-order valence-electron chi connectivity index (χ4n) is 1.56. The average molecular weight is 211 g/mol. The quantitative estimate of drug-likeness (QED) is 0.674. The molecule has 6 heteroatoms. The van der Waals surface area contributed by atoms with Gasteiger partial charge in [-0.2, -0.15) is 0 Å². The Labute approximate surface area is 86.9 Å². The number of aliphatic hydroxyl groups is 1. The van der Waals surface area contributed by atoms with Crippen molar-refractivity contribution in [2.24, 2.45) is 0 Å². The van der Waals surface area contributed by atoms with Crippen molar-refractivity contribution in [2.75, 3.05) is 26.3 Å². The minimum atomic E-state index is -0.273. The predicted molar refractivity (Wildman–Crippen MR) is 51.3 cm³/mol. The van der Waals surface area contributed by atoms with E-state index in [2.05, 4.69) is 9.97 Å². The van der Waals surface area contributed by atoms with Crippen LogP contribution in [-0.2, 0) is 4.74 Å². The van der Waals surface area contributed by atoms with Gasteiger partial charge in [0.2, 0.25) is 0 Å². The number of carbonyl (C=O) groups excluding carboxylic acids is 1. The molecule has 0 radical (unpaired) electrons. The maximum absolute atomic E-state index is 11.8. The molecule has 1 unspecified atom stereocenters. The van der Waals surface area contributed by atoms with Gasteiger partial charge in [-0.25, -0.2) is 4.98 Å². The third kappa shape index (κ3) is 2.16. The minimum absolute atomic E-state index is 0.0627. The molecule has 6 nitrogen and oxygen atoms in total. The molecule has 1 aromatic heterocycles. The largest absolute Gasteiger partial charge is 0.394 e. The molecule has 15 heavy (non-hydrogen) atoms. The van der Waals surface area contributed by atoms with Gasteiger partial charge in [0.15, 0.2) is 0 Å². The third-order valence-electron chi connectivity index (χ3n) is 2.36. The molecule has 1 saturated heterocycles. The molecule has 82 valence electrons. The molecule has 1 fully saturated rings. The van der Waals surface area contributed by atoms with Crippen LogP contribution in [0.3, 0.4) is 0 Å². The summed E-state index contributed by atoms with van der Waals surface area (Å²) in [6.45, 7) is 1.38. The number of nitrogens with one attached hydrogen (secondary N) is 1. The van der Waals surface area contributed by atoms with Gasteiger partial charge in [0.25, 0.3) is 5.91 Å². The summed E-state index contributed by atoms with van der Waals surface area (Å²) < 4.78 is 5.26. The smallest absolute Gasteiger partial charge is 0.272 e. The predicted octanol–water partition coefficient (Wildman–Crippen LogP) is -0.757. The summed E-state index contributed by atoms with van der Waals surface area (Å²) in [5, 5.41) is 8.94. The van der Waals surface area contributed by atoms with Crippen LogP contribution >= 0.6 is 0 Å². The number of ether oxygens (including phenoxy) is 1. The Morgan fingerprint density at radius 3 is 3.33 bits per heavy atom. The lowest BCUT2D eigenvalue weighted by Gasteiger charge is -2.31. The topological polar surface area (TPSA) is 78.5 Å². The second-order valence-corrected chi connectivity index (χ2v) is 3.39. The number of nitrogens with zero attached hydrogens (tertiary/aromatic N) is 2. The lowest BCUT2D eigenvalue weighted by molar-refractivity contribution is -0.0448. The first-order valence-corrected chi connectivity index (χ1v) is 4.81. The molecular formula is C9H13N3O3. The standard InChI is InChI=1S/C9H13N3O3/c13-5-7-4-12(1-2-15-7)9(14)8-3-10-6-11-8/h3,6-7,13H,1-2,4-5H2,(H,10,11). The molecule has 0 bridgehead atoms. The second-order valence-electron chi connectivity index (χ2n) is 3.39. The van der Waals surface area contributed by atoms with Gasteiger partial charge in [-0.05, 0) is 0 Å². The van der Waals surface area contributed by atoms with E-state index in [1.807, 2.05) is 0 Å². The van der Waals surface area contributed by atoms with E-state index in [-0.39, 0.29) is 18.6 Å². The lowest BCUT2D eigenvalue weighted by Crippen LogP contribution is -2.47. The van der Waals surface area contributed by atoms with Crippen molar-refractivity contribution in [3.63, 3.8) is 0 Å². The molecule has 2 heterocycles. The highest BCUT2D eigenvalue weighted by atomic mass is 16.5. The molecule has 0 aromatic carbocycles. The van der Waals surface area contributed by atoms with E-state index in [0.29, 0.717) is 25.4 Å². The zero-order valence-electron chi connectivity index (χ0n) is 8.22. The molecule has 1 aromatic rings. The molecule has 1 atom stereocenters. The summed E-state index contributed by atoms with van der Waals surface area (Å²) >= 11 is 0. The van der Waals surface area contributed by atoms with Crippen LogP contribution in [0.4, 0.5) is 0 Å². The molecule has 2 N–H and O–H groups in total. The Kier molecular flexibility index (Phi) is 2.98. The summed E-state index contributed by atoms with van der Waals surface area (Å²) in [6.07, 6.45) is 2.69. The molecule has 0 spiro atoms. The van der Waals surface area contributed by atoms with Gasteiger partial charge in [0.05, 0.1) is 31.8 Å². The zero-order valence-corrected chi connectivity index (χ0v) is 8.22. The number of hydrogen-bond donors (Lipinski definition) is 2. The first-order valence-electron chi connectivity index (χ1n) is 4.81. The van der Waals surface area contributed by atoms with Gasteiger partial charge in [0.1, 0.15) is 5.69 Å². The number of hydrogen-bond acceptors (Lipinski definition) is 4. The molecule has 0 saturated carbocycles. The van der Waals surface area contributed by atoms with Crippen LogP contribution in [0.2, 0.25) is 0 Å². The van der Waals surface area contributed by atoms with Crippen LogP contribution < -0.4 is 0 Å². The summed E-state index contributed by atoms with van der Waals surface area (Å²) in [4.78, 5) is 20.0. The molecule has 0 aliphatic carbocycles. The van der Waals surface area contributed by atoms with E-state index in [1.54, 1.807) is 4.90 Å². The van der Waals surface area contributed by atoms with Gasteiger partial charge in [-0.3, -0.25) is 4.79 Å². The Morgan fingerprint density at radius 2 is 2.67 bits per heavy atom. The molecule has 1 amide bonds. The van der Waals surface area contributed by atoms with Crippen LogP contribution in [0.1, 0.15) is 10.5 Å². The van der Waals surface area contributed by atoms with Gasteiger partial charge in [-0.15, -0.1) is 0 Å². The van der Waals surface area contributed by atoms with Crippen LogP contribution in [0.15, 0.2) is 12.5 Å². The number of H-pyrrole nitrogens is 1. The lowest BCUT2D eigenvalue weighted by atomic mass is 10.2. The van der Waals surface area contributed by atoms with Crippen LogP contribution in [0.5, 0.6) is 0 Å². The van der Waals surface area contributed by atoms with Gasteiger partial charge in [-0.1, -0.05) is 0 Å². The minimum Gasteiger partial charge on any atom is -0.394 e. The molecule has 1 aliphatic heterocycles. The van der Waals surface area contributed by atoms with E-state index < -0.39 is 0 Å². The number of aromatic amines is 1. The number of aliphatic hydroxyl groups excluding tert-OH is 1. The van der Waals surface area contributed by atoms with E-state index >= 15 is 0 Å². The van der Waals surface area contributed by atoms with Crippen molar-refractivity contribution in [1.29, 1.82) is 0 Å². The summed E-state index contributed by atoms with van der Waals surface area (Å²) in [5.74, 6) is -0.103. The summed E-state index contributed by atoms with van der Waals surface area (Å²) in [7, 11) is 0. The highest BCUT2D eigenvalue weighted by molar-refractivity contribution is 5.92. The van der Waals surface area contributed by atoms with Crippen LogP contribution in [-0.4, -0.2) is 58.3 Å². The number of amides is 1. The monoisotopic (exact) mass is 211 g/mol. The fourth-order valence-corrected chi connectivity index (χ4v) is 1.56. The number of morpholine rings is 1. The van der Waals surface area contributed by atoms with E-state index in [9.17, 15) is 4.79 Å². The zero-order chi connectivity index (χ0) is 10.7. The van der Waals surface area contributed by atoms with Crippen LogP contribution in [0, 0.1) is 0 Å². The number of rotatable bonds is 2. The van der Waals surface area contributed by atoms with Crippen molar-refractivity contribution < 1.29 is 14.6 Å². The first-order chi connectivity index (χ1) is 7.31. The normalized spacial score (nSPS) is 21.7. The Balaban J connectivity index is 2.01. The number of aromatic nitrogens is 2. The molecule has 2 rings (SSSR count). The van der Waals surface area contributed by atoms with Gasteiger partial charge in [0, 0.05) is 13.1 Å². The summed E-state index contributed by atoms with van der Waals surface area (Å²) in [6, 6.07) is 0. The molecule has 1 aliphatic rings. The van der Waals surface area contributed by atoms with Crippen molar-refractivity contribution in [2.45, 2.75) is 6.10 Å². The van der Waals surface area contributed by atoms with Crippen molar-refractivity contribution in [3.05, 3.63) is 18.2 Å². The second kappa shape index (κ2) is 4.41. The number of imidazole rings is 1. The van der Waals surface area contributed by atoms with Gasteiger partial charge >= 0.3 is 0 Å². The Morgan fingerprint density at radius 1 is 1.80 bits per heavy atom. The van der Waals surface area contributed by atoms with E-state index in [0.717, 1.165) is 0 Å². The highest BCUT2D eigenvalue weighted by Gasteiger charge is 2.24. The van der Waals surface area contributed by atoms with Crippen molar-refractivity contribution in [3.8, 4) is 0 Å². The Hall–Kier alpha value is -1.40. The maximum atomic E-state index is 11.8. The highest BCUT2D eigenvalue weighted by Crippen LogP contribution is 2.08.